The summed E-state index contributed by atoms with van der Waals surface area (Å²) in [5.41, 5.74) is 11.2. The lowest BCUT2D eigenvalue weighted by Gasteiger charge is -2.18. The van der Waals surface area contributed by atoms with Crippen molar-refractivity contribution < 1.29 is 14.0 Å². The number of amides is 2. The number of nitrogens with two attached hydrogens (primary N) is 1. The number of carbonyl (C=O) groups excluding carboxylic acids is 2. The smallest absolute Gasteiger partial charge is 0.274 e. The Labute approximate surface area is 148 Å². The molecule has 2 aromatic carbocycles. The van der Waals surface area contributed by atoms with Gasteiger partial charge in [-0.2, -0.15) is 4.79 Å². The molecule has 130 valence electrons. The van der Waals surface area contributed by atoms with Gasteiger partial charge in [0.2, 0.25) is 0 Å². The van der Waals surface area contributed by atoms with Crippen molar-refractivity contribution in [3.05, 3.63) is 76.7 Å². The van der Waals surface area contributed by atoms with Crippen LogP contribution in [0.15, 0.2) is 48.5 Å². The molecule has 3 aromatic rings. The lowest BCUT2D eigenvalue weighted by Crippen LogP contribution is -2.26. The largest absolute Gasteiger partial charge is 0.364 e. The fourth-order valence-electron chi connectivity index (χ4n) is 3.27. The van der Waals surface area contributed by atoms with Crippen molar-refractivity contribution in [2.24, 2.45) is 5.73 Å². The van der Waals surface area contributed by atoms with Crippen molar-refractivity contribution in [2.45, 2.75) is 12.8 Å². The van der Waals surface area contributed by atoms with Crippen molar-refractivity contribution >= 4 is 11.8 Å². The van der Waals surface area contributed by atoms with Crippen LogP contribution in [-0.2, 0) is 12.8 Å². The van der Waals surface area contributed by atoms with E-state index in [9.17, 15) is 14.0 Å². The number of primary amides is 1. The molecule has 0 spiro atoms. The minimum atomic E-state index is -0.667. The highest BCUT2D eigenvalue weighted by molar-refractivity contribution is 6.01. The second-order valence-electron chi connectivity index (χ2n) is 6.03. The fraction of sp³-hybridized carbons (Fsp3) is 0.105. The van der Waals surface area contributed by atoms with Crippen LogP contribution in [0, 0.1) is 5.82 Å². The molecule has 7 heteroatoms. The standard InChI is InChI=1S/C19H15FN4O2/c20-15-8-4-3-7-13(15)19(26)23-24-17-12-6-2-1-5-11(12)9-10-14(17)16(22-24)18(21)25/h1-8H,9-10H2,(H2,21,25)(H,23,26). The highest BCUT2D eigenvalue weighted by Crippen LogP contribution is 2.34. The van der Waals surface area contributed by atoms with E-state index >= 15 is 0 Å². The Bertz CT molecular complexity index is 1040. The second-order valence-corrected chi connectivity index (χ2v) is 6.03. The number of nitrogens with zero attached hydrogens (tertiary/aromatic N) is 2. The maximum atomic E-state index is 13.9. The van der Waals surface area contributed by atoms with E-state index in [1.165, 1.54) is 23.0 Å². The van der Waals surface area contributed by atoms with Gasteiger partial charge in [-0.25, -0.2) is 9.82 Å². The summed E-state index contributed by atoms with van der Waals surface area (Å²) < 4.78 is 13.9. The van der Waals surface area contributed by atoms with Crippen LogP contribution in [0.5, 0.6) is 0 Å². The Morgan fingerprint density at radius 1 is 1.08 bits per heavy atom. The maximum absolute atomic E-state index is 13.9. The Balaban J connectivity index is 1.82. The Morgan fingerprint density at radius 3 is 2.58 bits per heavy atom. The van der Waals surface area contributed by atoms with Gasteiger partial charge in [0.25, 0.3) is 11.8 Å². The van der Waals surface area contributed by atoms with Gasteiger partial charge in [0.05, 0.1) is 11.3 Å². The highest BCUT2D eigenvalue weighted by Gasteiger charge is 2.28. The van der Waals surface area contributed by atoms with Crippen LogP contribution in [0.1, 0.15) is 32.0 Å². The summed E-state index contributed by atoms with van der Waals surface area (Å²) in [6, 6.07) is 13.3. The van der Waals surface area contributed by atoms with Crippen LogP contribution in [0.25, 0.3) is 11.3 Å². The van der Waals surface area contributed by atoms with Crippen molar-refractivity contribution in [1.29, 1.82) is 0 Å². The third-order valence-corrected chi connectivity index (χ3v) is 4.46. The molecular weight excluding hydrogens is 335 g/mol. The van der Waals surface area contributed by atoms with Gasteiger partial charge in [-0.3, -0.25) is 9.59 Å². The molecule has 0 fully saturated rings. The van der Waals surface area contributed by atoms with Gasteiger partial charge in [0.15, 0.2) is 5.69 Å². The first-order valence-corrected chi connectivity index (χ1v) is 8.12. The van der Waals surface area contributed by atoms with E-state index in [4.69, 9.17) is 5.73 Å². The highest BCUT2D eigenvalue weighted by atomic mass is 19.1. The molecule has 0 atom stereocenters. The molecule has 0 saturated heterocycles. The zero-order valence-electron chi connectivity index (χ0n) is 13.7. The Kier molecular flexibility index (Phi) is 3.76. The van der Waals surface area contributed by atoms with Gasteiger partial charge in [0, 0.05) is 11.1 Å². The lowest BCUT2D eigenvalue weighted by molar-refractivity contribution is 0.0982. The molecule has 0 unspecified atom stereocenters. The van der Waals surface area contributed by atoms with Crippen LogP contribution in [-0.4, -0.2) is 21.7 Å². The number of aryl methyl sites for hydroxylation is 1. The summed E-state index contributed by atoms with van der Waals surface area (Å²) in [4.78, 5) is 25.5. The zero-order valence-corrected chi connectivity index (χ0v) is 13.7. The maximum Gasteiger partial charge on any atom is 0.274 e. The first-order valence-electron chi connectivity index (χ1n) is 8.12. The van der Waals surface area contributed by atoms with Crippen LogP contribution in [0.4, 0.5) is 4.39 Å². The zero-order chi connectivity index (χ0) is 18.3. The third-order valence-electron chi connectivity index (χ3n) is 4.46. The molecule has 1 aliphatic carbocycles. The van der Waals surface area contributed by atoms with Crippen LogP contribution in [0.3, 0.4) is 0 Å². The van der Waals surface area contributed by atoms with E-state index in [-0.39, 0.29) is 11.3 Å². The van der Waals surface area contributed by atoms with Crippen LogP contribution in [0.2, 0.25) is 0 Å². The quantitative estimate of drug-likeness (QED) is 0.759. The summed E-state index contributed by atoms with van der Waals surface area (Å²) >= 11 is 0. The van der Waals surface area contributed by atoms with Gasteiger partial charge >= 0.3 is 0 Å². The summed E-state index contributed by atoms with van der Waals surface area (Å²) in [6.45, 7) is 0. The van der Waals surface area contributed by atoms with Crippen LogP contribution < -0.4 is 11.2 Å². The number of halogens is 1. The molecule has 2 amide bonds. The molecule has 1 aliphatic rings. The average Bonchev–Trinajstić information content (AvgIpc) is 3.01. The van der Waals surface area contributed by atoms with Gasteiger partial charge in [0.1, 0.15) is 5.82 Å². The lowest BCUT2D eigenvalue weighted by atomic mass is 9.89. The van der Waals surface area contributed by atoms with E-state index in [1.807, 2.05) is 24.3 Å². The number of hydrogen-bond donors (Lipinski definition) is 2. The molecule has 6 nitrogen and oxygen atoms in total. The van der Waals surface area contributed by atoms with Gasteiger partial charge in [-0.1, -0.05) is 36.4 Å². The molecular formula is C19H15FN4O2. The van der Waals surface area contributed by atoms with Crippen molar-refractivity contribution in [1.82, 2.24) is 9.89 Å². The van der Waals surface area contributed by atoms with E-state index in [1.54, 1.807) is 6.07 Å². The van der Waals surface area contributed by atoms with Crippen molar-refractivity contribution in [3.8, 4) is 11.3 Å². The second kappa shape index (κ2) is 6.11. The SMILES string of the molecule is NC(=O)c1nn(NC(=O)c2ccccc2F)c2c1CCc1ccccc1-2. The van der Waals surface area contributed by atoms with E-state index < -0.39 is 17.6 Å². The summed E-state index contributed by atoms with van der Waals surface area (Å²) in [5.74, 6) is -1.96. The number of rotatable bonds is 3. The van der Waals surface area contributed by atoms with Gasteiger partial charge < -0.3 is 5.73 Å². The predicted molar refractivity (Wildman–Crippen MR) is 93.7 cm³/mol. The number of hydrogen-bond acceptors (Lipinski definition) is 3. The number of carbonyl (C=O) groups is 2. The van der Waals surface area contributed by atoms with E-state index in [0.29, 0.717) is 17.7 Å². The molecule has 0 saturated carbocycles. The number of fused-ring (bicyclic) bond motifs is 3. The van der Waals surface area contributed by atoms with Gasteiger partial charge in [-0.05, 0) is 30.5 Å². The number of aromatic nitrogens is 2. The first-order chi connectivity index (χ1) is 12.6. The minimum Gasteiger partial charge on any atom is -0.364 e. The monoisotopic (exact) mass is 350 g/mol. The third kappa shape index (κ3) is 2.54. The molecule has 0 bridgehead atoms. The van der Waals surface area contributed by atoms with Gasteiger partial charge in [-0.15, -0.1) is 5.10 Å². The molecule has 0 radical (unpaired) electrons. The molecule has 1 aromatic heterocycles. The first kappa shape index (κ1) is 16.0. The summed E-state index contributed by atoms with van der Waals surface area (Å²) in [5, 5.41) is 4.17. The fourth-order valence-corrected chi connectivity index (χ4v) is 3.27. The van der Waals surface area contributed by atoms with Crippen molar-refractivity contribution in [3.63, 3.8) is 0 Å². The Morgan fingerprint density at radius 2 is 1.81 bits per heavy atom. The summed E-state index contributed by atoms with van der Waals surface area (Å²) in [6.07, 6.45) is 1.33. The minimum absolute atomic E-state index is 0.110. The molecule has 1 heterocycles. The molecule has 26 heavy (non-hydrogen) atoms. The number of nitrogens with one attached hydrogen (secondary N) is 1. The average molecular weight is 350 g/mol. The predicted octanol–water partition coefficient (Wildman–Crippen LogP) is 2.27. The van der Waals surface area contributed by atoms with Crippen molar-refractivity contribution in [2.75, 3.05) is 5.43 Å². The Hall–Kier alpha value is -3.48. The normalized spacial score (nSPS) is 12.2. The molecule has 3 N–H and O–H groups in total. The van der Waals surface area contributed by atoms with Crippen LogP contribution >= 0.6 is 0 Å². The number of benzene rings is 2. The molecule has 0 aliphatic heterocycles. The topological polar surface area (TPSA) is 90.0 Å². The molecule has 4 rings (SSSR count). The summed E-state index contributed by atoms with van der Waals surface area (Å²) in [7, 11) is 0. The van der Waals surface area contributed by atoms with E-state index in [0.717, 1.165) is 17.5 Å². The van der Waals surface area contributed by atoms with E-state index in [2.05, 4.69) is 10.5 Å².